The number of hydrogen-bond donors (Lipinski definition) is 1. The van der Waals surface area contributed by atoms with Crippen molar-refractivity contribution in [3.05, 3.63) is 100 Å². The molecule has 1 fully saturated rings. The number of fused-ring (bicyclic) bond motifs is 1. The molecule has 0 radical (unpaired) electrons. The highest BCUT2D eigenvalue weighted by Gasteiger charge is 2.48. The number of rotatable bonds is 5. The summed E-state index contributed by atoms with van der Waals surface area (Å²) in [5, 5.41) is 12.5. The molecule has 1 aliphatic rings. The predicted octanol–water partition coefficient (Wildman–Crippen LogP) is 6.52. The van der Waals surface area contributed by atoms with E-state index in [0.29, 0.717) is 17.0 Å². The number of ketones is 1. The van der Waals surface area contributed by atoms with Gasteiger partial charge in [0.15, 0.2) is 0 Å². The lowest BCUT2D eigenvalue weighted by Gasteiger charge is -2.26. The van der Waals surface area contributed by atoms with Gasteiger partial charge in [-0.3, -0.25) is 14.5 Å². The van der Waals surface area contributed by atoms with E-state index in [0.717, 1.165) is 33.2 Å². The molecule has 6 heteroatoms. The minimum Gasteiger partial charge on any atom is -0.507 e. The Bertz CT molecular complexity index is 1610. The Morgan fingerprint density at radius 2 is 1.63 bits per heavy atom. The lowest BCUT2D eigenvalue weighted by atomic mass is 9.94. The van der Waals surface area contributed by atoms with Crippen molar-refractivity contribution in [2.45, 2.75) is 46.8 Å². The Kier molecular flexibility index (Phi) is 6.35. The molecule has 4 aromatic rings. The Morgan fingerprint density at radius 3 is 2.29 bits per heavy atom. The van der Waals surface area contributed by atoms with Crippen LogP contribution in [0.2, 0.25) is 0 Å². The number of nitrogens with zero attached hydrogens (tertiary/aromatic N) is 2. The smallest absolute Gasteiger partial charge is 0.300 e. The van der Waals surface area contributed by atoms with Crippen molar-refractivity contribution in [1.29, 1.82) is 0 Å². The largest absolute Gasteiger partial charge is 0.507 e. The molecule has 5 rings (SSSR count). The summed E-state index contributed by atoms with van der Waals surface area (Å²) in [6.07, 6.45) is 1.94. The van der Waals surface area contributed by atoms with Crippen molar-refractivity contribution in [1.82, 2.24) is 4.57 Å². The molecule has 3 aromatic carbocycles. The second kappa shape index (κ2) is 9.53. The van der Waals surface area contributed by atoms with Gasteiger partial charge in [-0.1, -0.05) is 24.3 Å². The number of anilines is 1. The Labute approximate surface area is 222 Å². The molecule has 1 aliphatic heterocycles. The SMILES string of the molecule is Cc1cc(C)cc(N2C(=O)C(=O)/C(=C(/O)c3ccc(OC(C)C)c(C)c3)C2c2cn(C)c3ccccc23)c1. The summed E-state index contributed by atoms with van der Waals surface area (Å²) in [7, 11) is 1.94. The predicted molar refractivity (Wildman–Crippen MR) is 151 cm³/mol. The minimum atomic E-state index is -0.797. The number of benzene rings is 3. The van der Waals surface area contributed by atoms with Crippen LogP contribution >= 0.6 is 0 Å². The average Bonchev–Trinajstić information content (AvgIpc) is 3.32. The van der Waals surface area contributed by atoms with Crippen LogP contribution in [0.15, 0.2) is 72.4 Å². The first kappa shape index (κ1) is 25.3. The second-order valence-electron chi connectivity index (χ2n) is 10.4. The van der Waals surface area contributed by atoms with E-state index in [-0.39, 0.29) is 17.4 Å². The fraction of sp³-hybridized carbons (Fsp3) is 0.250. The summed E-state index contributed by atoms with van der Waals surface area (Å²) in [6.45, 7) is 9.72. The molecule has 1 amide bonds. The molecule has 2 heterocycles. The normalized spacial score (nSPS) is 17.1. The number of Topliss-reactive ketones (excluding diaryl/α,β-unsaturated/α-hetero) is 1. The maximum absolute atomic E-state index is 13.7. The van der Waals surface area contributed by atoms with Crippen LogP contribution in [0.4, 0.5) is 5.69 Å². The van der Waals surface area contributed by atoms with Crippen molar-refractivity contribution in [2.24, 2.45) is 7.05 Å². The zero-order valence-electron chi connectivity index (χ0n) is 22.6. The standard InChI is InChI=1S/C32H32N2O4/c1-18(2)38-27-12-11-22(16-21(27)5)30(35)28-29(25-17-33(6)26-10-8-7-9-24(25)26)34(32(37)31(28)36)23-14-19(3)13-20(4)15-23/h7-18,29,35H,1-6H3/b30-28+. The lowest BCUT2D eigenvalue weighted by Crippen LogP contribution is -2.29. The van der Waals surface area contributed by atoms with Gasteiger partial charge < -0.3 is 14.4 Å². The van der Waals surface area contributed by atoms with Crippen molar-refractivity contribution in [2.75, 3.05) is 4.90 Å². The van der Waals surface area contributed by atoms with Crippen molar-refractivity contribution >= 4 is 34.0 Å². The van der Waals surface area contributed by atoms with Gasteiger partial charge in [-0.2, -0.15) is 0 Å². The first-order valence-corrected chi connectivity index (χ1v) is 12.8. The first-order valence-electron chi connectivity index (χ1n) is 12.8. The van der Waals surface area contributed by atoms with Gasteiger partial charge in [-0.15, -0.1) is 0 Å². The van der Waals surface area contributed by atoms with Gasteiger partial charge in [-0.25, -0.2) is 0 Å². The van der Waals surface area contributed by atoms with Crippen molar-refractivity contribution in [3.8, 4) is 5.75 Å². The van der Waals surface area contributed by atoms with E-state index in [1.54, 1.807) is 18.2 Å². The number of aliphatic hydroxyl groups excluding tert-OH is 1. The number of aryl methyl sites for hydroxylation is 4. The summed E-state index contributed by atoms with van der Waals surface area (Å²) in [5.74, 6) is -0.865. The molecular weight excluding hydrogens is 476 g/mol. The zero-order chi connectivity index (χ0) is 27.3. The quantitative estimate of drug-likeness (QED) is 0.189. The Balaban J connectivity index is 1.76. The Morgan fingerprint density at radius 1 is 0.947 bits per heavy atom. The molecule has 1 N–H and O–H groups in total. The molecular formula is C32H32N2O4. The number of aliphatic hydroxyl groups is 1. The molecule has 1 aromatic heterocycles. The van der Waals surface area contributed by atoms with Gasteiger partial charge in [-0.05, 0) is 87.7 Å². The summed E-state index contributed by atoms with van der Waals surface area (Å²) < 4.78 is 7.83. The summed E-state index contributed by atoms with van der Waals surface area (Å²) in [6, 6.07) is 18.2. The third kappa shape index (κ3) is 4.26. The summed E-state index contributed by atoms with van der Waals surface area (Å²) in [5.41, 5.74) is 5.69. The highest BCUT2D eigenvalue weighted by molar-refractivity contribution is 6.52. The Hall–Kier alpha value is -4.32. The van der Waals surface area contributed by atoms with Crippen LogP contribution in [0.25, 0.3) is 16.7 Å². The van der Waals surface area contributed by atoms with Gasteiger partial charge in [0.05, 0.1) is 17.7 Å². The van der Waals surface area contributed by atoms with Gasteiger partial charge in [0.2, 0.25) is 0 Å². The van der Waals surface area contributed by atoms with Crippen LogP contribution in [-0.4, -0.2) is 27.5 Å². The molecule has 1 unspecified atom stereocenters. The van der Waals surface area contributed by atoms with Gasteiger partial charge in [0.25, 0.3) is 11.7 Å². The third-order valence-electron chi connectivity index (χ3n) is 6.96. The first-order chi connectivity index (χ1) is 18.1. The molecule has 0 saturated carbocycles. The maximum atomic E-state index is 13.7. The maximum Gasteiger partial charge on any atom is 0.300 e. The lowest BCUT2D eigenvalue weighted by molar-refractivity contribution is -0.132. The molecule has 6 nitrogen and oxygen atoms in total. The van der Waals surface area contributed by atoms with E-state index in [9.17, 15) is 14.7 Å². The highest BCUT2D eigenvalue weighted by Crippen LogP contribution is 2.45. The van der Waals surface area contributed by atoms with Crippen LogP contribution in [0, 0.1) is 20.8 Å². The molecule has 0 spiro atoms. The monoisotopic (exact) mass is 508 g/mol. The molecule has 38 heavy (non-hydrogen) atoms. The molecule has 0 bridgehead atoms. The topological polar surface area (TPSA) is 71.8 Å². The van der Waals surface area contributed by atoms with Crippen molar-refractivity contribution < 1.29 is 19.4 Å². The number of para-hydroxylation sites is 1. The highest BCUT2D eigenvalue weighted by atomic mass is 16.5. The number of hydrogen-bond acceptors (Lipinski definition) is 4. The van der Waals surface area contributed by atoms with E-state index >= 15 is 0 Å². The van der Waals surface area contributed by atoms with Gasteiger partial charge >= 0.3 is 0 Å². The third-order valence-corrected chi connectivity index (χ3v) is 6.96. The summed E-state index contributed by atoms with van der Waals surface area (Å²) in [4.78, 5) is 28.8. The molecule has 1 atom stereocenters. The fourth-order valence-electron chi connectivity index (χ4n) is 5.41. The number of carbonyl (C=O) groups excluding carboxylic acids is 2. The average molecular weight is 509 g/mol. The molecule has 1 saturated heterocycles. The number of aromatic nitrogens is 1. The number of amides is 1. The van der Waals surface area contributed by atoms with Crippen molar-refractivity contribution in [3.63, 3.8) is 0 Å². The summed E-state index contributed by atoms with van der Waals surface area (Å²) >= 11 is 0. The van der Waals surface area contributed by atoms with E-state index in [1.165, 1.54) is 4.90 Å². The molecule has 194 valence electrons. The van der Waals surface area contributed by atoms with E-state index in [1.807, 2.05) is 94.9 Å². The van der Waals surface area contributed by atoms with Gasteiger partial charge in [0.1, 0.15) is 11.5 Å². The van der Waals surface area contributed by atoms with E-state index in [4.69, 9.17) is 4.74 Å². The van der Waals surface area contributed by atoms with E-state index < -0.39 is 17.7 Å². The van der Waals surface area contributed by atoms with Crippen LogP contribution < -0.4 is 9.64 Å². The zero-order valence-corrected chi connectivity index (χ0v) is 22.6. The van der Waals surface area contributed by atoms with Crippen LogP contribution in [0.1, 0.15) is 47.7 Å². The number of ether oxygens (including phenoxy) is 1. The number of carbonyl (C=O) groups is 2. The van der Waals surface area contributed by atoms with E-state index in [2.05, 4.69) is 0 Å². The second-order valence-corrected chi connectivity index (χ2v) is 10.4. The fourth-order valence-corrected chi connectivity index (χ4v) is 5.41. The van der Waals surface area contributed by atoms with Crippen LogP contribution in [0.5, 0.6) is 5.75 Å². The van der Waals surface area contributed by atoms with Gasteiger partial charge in [0, 0.05) is 41.0 Å². The molecule has 0 aliphatic carbocycles. The van der Waals surface area contributed by atoms with Crippen LogP contribution in [0.3, 0.4) is 0 Å². The minimum absolute atomic E-state index is 0.00242. The van der Waals surface area contributed by atoms with Crippen LogP contribution in [-0.2, 0) is 16.6 Å².